The summed E-state index contributed by atoms with van der Waals surface area (Å²) in [5.41, 5.74) is 2.29. The molecule has 2 aromatic rings. The van der Waals surface area contributed by atoms with Gasteiger partial charge in [-0.2, -0.15) is 0 Å². The first kappa shape index (κ1) is 15.3. The number of amidine groups is 1. The Morgan fingerprint density at radius 2 is 2.00 bits per heavy atom. The maximum absolute atomic E-state index is 12.0. The van der Waals surface area contributed by atoms with Gasteiger partial charge in [0, 0.05) is 24.5 Å². The van der Waals surface area contributed by atoms with E-state index in [9.17, 15) is 9.59 Å². The Morgan fingerprint density at radius 3 is 2.61 bits per heavy atom. The second-order valence-corrected chi connectivity index (χ2v) is 6.16. The molecule has 1 aromatic heterocycles. The first-order valence-corrected chi connectivity index (χ1v) is 7.86. The van der Waals surface area contributed by atoms with E-state index >= 15 is 0 Å². The number of aromatic nitrogens is 1. The van der Waals surface area contributed by atoms with Crippen molar-refractivity contribution in [3.05, 3.63) is 58.8 Å². The monoisotopic (exact) mass is 325 g/mol. The number of aliphatic imine (C=N–C) groups is 1. The molecule has 0 unspecified atom stereocenters. The quantitative estimate of drug-likeness (QED) is 0.696. The van der Waals surface area contributed by atoms with Crippen molar-refractivity contribution in [1.29, 1.82) is 0 Å². The van der Waals surface area contributed by atoms with Gasteiger partial charge in [0.1, 0.15) is 0 Å². The van der Waals surface area contributed by atoms with Crippen LogP contribution in [0.4, 0.5) is 5.69 Å². The van der Waals surface area contributed by atoms with Gasteiger partial charge in [-0.1, -0.05) is 0 Å². The molecule has 1 saturated heterocycles. The van der Waals surface area contributed by atoms with E-state index in [4.69, 9.17) is 0 Å². The molecule has 116 valence electrons. The minimum atomic E-state index is -0.157. The van der Waals surface area contributed by atoms with Crippen molar-refractivity contribution in [2.45, 2.75) is 6.92 Å². The zero-order valence-corrected chi connectivity index (χ0v) is 13.6. The predicted molar refractivity (Wildman–Crippen MR) is 92.7 cm³/mol. The molecule has 0 bridgehead atoms. The molecular weight excluding hydrogens is 310 g/mol. The minimum Gasteiger partial charge on any atom is -0.351 e. The summed E-state index contributed by atoms with van der Waals surface area (Å²) in [6, 6.07) is 10.8. The van der Waals surface area contributed by atoms with Gasteiger partial charge in [0.05, 0.1) is 10.6 Å². The number of amides is 1. The minimum absolute atomic E-state index is 0.0144. The third kappa shape index (κ3) is 3.43. The number of nitrogens with zero attached hydrogens (tertiary/aromatic N) is 2. The van der Waals surface area contributed by atoms with Crippen molar-refractivity contribution in [1.82, 2.24) is 9.88 Å². The van der Waals surface area contributed by atoms with E-state index in [0.29, 0.717) is 21.3 Å². The fourth-order valence-corrected chi connectivity index (χ4v) is 2.95. The Kier molecular flexibility index (Phi) is 4.16. The lowest BCUT2D eigenvalue weighted by atomic mass is 10.1. The topological polar surface area (TPSA) is 63.5 Å². The number of carbonyl (C=O) groups is 2. The van der Waals surface area contributed by atoms with E-state index in [2.05, 4.69) is 10.3 Å². The number of aryl methyl sites for hydroxylation is 1. The molecule has 5 nitrogen and oxygen atoms in total. The van der Waals surface area contributed by atoms with Crippen LogP contribution in [0.5, 0.6) is 0 Å². The Balaban J connectivity index is 1.80. The number of nitrogens with one attached hydrogen (secondary N) is 1. The molecule has 1 fully saturated rings. The highest BCUT2D eigenvalue weighted by Crippen LogP contribution is 2.28. The Morgan fingerprint density at radius 1 is 1.26 bits per heavy atom. The van der Waals surface area contributed by atoms with Gasteiger partial charge in [-0.05, 0) is 61.2 Å². The molecule has 1 aliphatic rings. The number of thioether (sulfide) groups is 1. The molecule has 1 N–H and O–H groups in total. The normalized spacial score (nSPS) is 17.7. The largest absolute Gasteiger partial charge is 0.351 e. The number of carbonyl (C=O) groups excluding carboxylic acids is 2. The lowest BCUT2D eigenvalue weighted by Gasteiger charge is -1.98. The predicted octanol–water partition coefficient (Wildman–Crippen LogP) is 3.12. The van der Waals surface area contributed by atoms with Crippen molar-refractivity contribution in [3.8, 4) is 0 Å². The lowest BCUT2D eigenvalue weighted by molar-refractivity contribution is -0.115. The standard InChI is InChI=1S/C17H15N3O2S/c1-11(21)12-5-7-13(8-6-12)18-17-19-16(22)15(23-17)10-14-4-3-9-20(14)2/h3-10H,1-2H3,(H,18,19,22). The summed E-state index contributed by atoms with van der Waals surface area (Å²) in [5, 5.41) is 3.28. The number of ketones is 1. The summed E-state index contributed by atoms with van der Waals surface area (Å²) >= 11 is 1.30. The number of Topliss-reactive ketones (excluding diaryl/α,β-unsaturated/α-hetero) is 1. The molecule has 1 amide bonds. The molecule has 6 heteroatoms. The first-order chi connectivity index (χ1) is 11.0. The van der Waals surface area contributed by atoms with Gasteiger partial charge < -0.3 is 9.88 Å². The smallest absolute Gasteiger partial charge is 0.264 e. The van der Waals surface area contributed by atoms with Gasteiger partial charge in [-0.25, -0.2) is 4.99 Å². The molecule has 1 aromatic carbocycles. The highest BCUT2D eigenvalue weighted by Gasteiger charge is 2.24. The molecule has 2 heterocycles. The Bertz CT molecular complexity index is 832. The average Bonchev–Trinajstić information content (AvgIpc) is 3.07. The van der Waals surface area contributed by atoms with Crippen molar-refractivity contribution < 1.29 is 9.59 Å². The van der Waals surface area contributed by atoms with Crippen LogP contribution in [0.15, 0.2) is 52.5 Å². The van der Waals surface area contributed by atoms with Gasteiger partial charge in [0.15, 0.2) is 11.0 Å². The lowest BCUT2D eigenvalue weighted by Crippen LogP contribution is -2.19. The van der Waals surface area contributed by atoms with Crippen LogP contribution in [0.25, 0.3) is 6.08 Å². The van der Waals surface area contributed by atoms with Crippen LogP contribution in [0.1, 0.15) is 23.0 Å². The van der Waals surface area contributed by atoms with Crippen LogP contribution < -0.4 is 5.32 Å². The number of hydrogen-bond donors (Lipinski definition) is 1. The average molecular weight is 325 g/mol. The van der Waals surface area contributed by atoms with E-state index in [1.807, 2.05) is 36.0 Å². The van der Waals surface area contributed by atoms with Gasteiger partial charge in [-0.15, -0.1) is 0 Å². The summed E-state index contributed by atoms with van der Waals surface area (Å²) in [4.78, 5) is 28.3. The zero-order valence-electron chi connectivity index (χ0n) is 12.7. The summed E-state index contributed by atoms with van der Waals surface area (Å²) in [7, 11) is 1.93. The fourth-order valence-electron chi connectivity index (χ4n) is 2.13. The summed E-state index contributed by atoms with van der Waals surface area (Å²) in [5.74, 6) is -0.143. The van der Waals surface area contributed by atoms with E-state index in [-0.39, 0.29) is 11.7 Å². The third-order valence-corrected chi connectivity index (χ3v) is 4.33. The van der Waals surface area contributed by atoms with Crippen LogP contribution in [-0.4, -0.2) is 21.4 Å². The molecule has 0 radical (unpaired) electrons. The van der Waals surface area contributed by atoms with Crippen molar-refractivity contribution in [2.24, 2.45) is 12.0 Å². The van der Waals surface area contributed by atoms with Crippen molar-refractivity contribution >= 4 is 40.4 Å². The Labute approximate surface area is 138 Å². The number of benzene rings is 1. The number of rotatable bonds is 3. The number of hydrogen-bond acceptors (Lipinski definition) is 4. The maximum atomic E-state index is 12.0. The van der Waals surface area contributed by atoms with Crippen LogP contribution in [0, 0.1) is 0 Å². The van der Waals surface area contributed by atoms with Gasteiger partial charge in [-0.3, -0.25) is 9.59 Å². The van der Waals surface area contributed by atoms with Crippen molar-refractivity contribution in [2.75, 3.05) is 0 Å². The zero-order chi connectivity index (χ0) is 16.4. The molecule has 23 heavy (non-hydrogen) atoms. The molecule has 0 spiro atoms. The van der Waals surface area contributed by atoms with Crippen LogP contribution >= 0.6 is 11.8 Å². The van der Waals surface area contributed by atoms with E-state index < -0.39 is 0 Å². The molecule has 3 rings (SSSR count). The fraction of sp³-hybridized carbons (Fsp3) is 0.118. The molecule has 0 atom stereocenters. The molecule has 0 saturated carbocycles. The van der Waals surface area contributed by atoms with E-state index in [1.54, 1.807) is 24.3 Å². The van der Waals surface area contributed by atoms with Crippen molar-refractivity contribution in [3.63, 3.8) is 0 Å². The van der Waals surface area contributed by atoms with Crippen LogP contribution in [-0.2, 0) is 11.8 Å². The Hall–Kier alpha value is -2.60. The second kappa shape index (κ2) is 6.26. The van der Waals surface area contributed by atoms with Crippen LogP contribution in [0.3, 0.4) is 0 Å². The van der Waals surface area contributed by atoms with E-state index in [0.717, 1.165) is 5.69 Å². The van der Waals surface area contributed by atoms with Gasteiger partial charge >= 0.3 is 0 Å². The highest BCUT2D eigenvalue weighted by atomic mass is 32.2. The van der Waals surface area contributed by atoms with Gasteiger partial charge in [0.2, 0.25) is 0 Å². The molecular formula is C17H15N3O2S. The molecule has 1 aliphatic heterocycles. The highest BCUT2D eigenvalue weighted by molar-refractivity contribution is 8.18. The first-order valence-electron chi connectivity index (χ1n) is 7.05. The molecule has 0 aliphatic carbocycles. The van der Waals surface area contributed by atoms with Crippen LogP contribution in [0.2, 0.25) is 0 Å². The van der Waals surface area contributed by atoms with E-state index in [1.165, 1.54) is 18.7 Å². The van der Waals surface area contributed by atoms with Gasteiger partial charge in [0.25, 0.3) is 5.91 Å². The second-order valence-electron chi connectivity index (χ2n) is 5.13. The summed E-state index contributed by atoms with van der Waals surface area (Å²) < 4.78 is 1.94. The summed E-state index contributed by atoms with van der Waals surface area (Å²) in [6.07, 6.45) is 3.76. The summed E-state index contributed by atoms with van der Waals surface area (Å²) in [6.45, 7) is 1.52. The maximum Gasteiger partial charge on any atom is 0.264 e. The SMILES string of the molecule is CC(=O)c1ccc(N=C2NC(=O)C(=Cc3cccn3C)S2)cc1. The third-order valence-electron chi connectivity index (χ3n) is 3.42.